The molecule has 2 rings (SSSR count). The van der Waals surface area contributed by atoms with Crippen LogP contribution in [0.15, 0.2) is 48.8 Å². The van der Waals surface area contributed by atoms with E-state index in [1.165, 1.54) is 0 Å². The van der Waals surface area contributed by atoms with Crippen LogP contribution in [0.1, 0.15) is 22.8 Å². The molecule has 0 spiro atoms. The topological polar surface area (TPSA) is 62.5 Å². The number of carbonyl (C=O) groups is 2. The van der Waals surface area contributed by atoms with Gasteiger partial charge in [-0.3, -0.25) is 4.79 Å². The molecule has 0 aliphatic carbocycles. The summed E-state index contributed by atoms with van der Waals surface area (Å²) in [6, 6.07) is 10.5. The van der Waals surface area contributed by atoms with E-state index in [0.29, 0.717) is 36.8 Å². The van der Waals surface area contributed by atoms with Gasteiger partial charge in [-0.05, 0) is 30.7 Å². The van der Waals surface area contributed by atoms with Gasteiger partial charge in [0.1, 0.15) is 18.7 Å². The van der Waals surface area contributed by atoms with Gasteiger partial charge in [-0.25, -0.2) is 9.36 Å². The number of aromatic nitrogens is 1. The maximum absolute atomic E-state index is 12.6. The number of ether oxygens (including phenoxy) is 1. The number of hydrogen-bond donors (Lipinski definition) is 1. The molecular formula is C22H28Cl2IN3O3. The molecule has 1 amide bonds. The largest absolute Gasteiger partial charge is 1.00 e. The van der Waals surface area contributed by atoms with Gasteiger partial charge < -0.3 is 38.9 Å². The Labute approximate surface area is 210 Å². The van der Waals surface area contributed by atoms with Gasteiger partial charge in [0, 0.05) is 43.0 Å². The predicted octanol–water partition coefficient (Wildman–Crippen LogP) is -0.297. The molecule has 1 atom stereocenters. The third-order valence-corrected chi connectivity index (χ3v) is 4.87. The Bertz CT molecular complexity index is 831. The van der Waals surface area contributed by atoms with E-state index in [0.717, 1.165) is 11.3 Å². The smallest absolute Gasteiger partial charge is 0.328 e. The van der Waals surface area contributed by atoms with Crippen LogP contribution >= 0.6 is 23.2 Å². The van der Waals surface area contributed by atoms with Crippen molar-refractivity contribution in [3.8, 4) is 0 Å². The van der Waals surface area contributed by atoms with E-state index in [1.54, 1.807) is 29.8 Å². The van der Waals surface area contributed by atoms with Crippen molar-refractivity contribution in [1.82, 2.24) is 5.32 Å². The minimum atomic E-state index is -0.782. The van der Waals surface area contributed by atoms with Gasteiger partial charge in [0.2, 0.25) is 0 Å². The average Bonchev–Trinajstić information content (AvgIpc) is 2.74. The van der Waals surface area contributed by atoms with Crippen LogP contribution in [0.5, 0.6) is 0 Å². The van der Waals surface area contributed by atoms with Crippen LogP contribution in [-0.2, 0) is 23.0 Å². The Kier molecular flexibility index (Phi) is 12.8. The Morgan fingerprint density at radius 1 is 1.13 bits per heavy atom. The van der Waals surface area contributed by atoms with E-state index in [2.05, 4.69) is 10.2 Å². The first-order valence-electron chi connectivity index (χ1n) is 9.87. The van der Waals surface area contributed by atoms with Crippen molar-refractivity contribution < 1.29 is 42.9 Å². The number of benzene rings is 1. The van der Waals surface area contributed by atoms with Crippen molar-refractivity contribution in [2.45, 2.75) is 19.4 Å². The Balaban J connectivity index is 0.00000480. The molecule has 31 heavy (non-hydrogen) atoms. The van der Waals surface area contributed by atoms with Gasteiger partial charge in [-0.2, -0.15) is 0 Å². The molecule has 9 heteroatoms. The van der Waals surface area contributed by atoms with Gasteiger partial charge in [0.05, 0.1) is 6.61 Å². The lowest BCUT2D eigenvalue weighted by Gasteiger charge is -2.23. The quantitative estimate of drug-likeness (QED) is 0.172. The molecule has 1 N–H and O–H groups in total. The molecule has 0 radical (unpaired) electrons. The second kappa shape index (κ2) is 14.5. The van der Waals surface area contributed by atoms with Gasteiger partial charge in [0.25, 0.3) is 5.91 Å². The number of carbonyl (C=O) groups excluding carboxylic acids is 2. The van der Waals surface area contributed by atoms with E-state index in [9.17, 15) is 9.59 Å². The summed E-state index contributed by atoms with van der Waals surface area (Å²) in [5.41, 5.74) is 2.39. The first-order valence-corrected chi connectivity index (χ1v) is 10.9. The number of halogens is 3. The third-order valence-electron chi connectivity index (χ3n) is 4.53. The zero-order valence-corrected chi connectivity index (χ0v) is 21.4. The minimum Gasteiger partial charge on any atom is -1.00 e. The van der Waals surface area contributed by atoms with E-state index >= 15 is 0 Å². The molecule has 0 aliphatic rings. The standard InChI is InChI=1S/C22H27Cl2N3O3.HI/c1-3-30-22(29)20(25-21(28)18-5-4-12-26(2)16-18)15-17-6-8-19(9-7-17)27(13-10-23)14-11-24;/h4-9,12,16,20H,3,10-11,13-15H2,1-2H3;1H. The third kappa shape index (κ3) is 8.82. The number of alkyl halides is 2. The highest BCUT2D eigenvalue weighted by Gasteiger charge is 2.24. The number of aryl methyl sites for hydroxylation is 1. The molecule has 0 saturated heterocycles. The summed E-state index contributed by atoms with van der Waals surface area (Å²) in [5, 5.41) is 2.80. The first-order chi connectivity index (χ1) is 14.5. The van der Waals surface area contributed by atoms with E-state index < -0.39 is 12.0 Å². The van der Waals surface area contributed by atoms with Crippen LogP contribution in [0.4, 0.5) is 5.69 Å². The molecule has 0 bridgehead atoms. The van der Waals surface area contributed by atoms with Crippen LogP contribution in [0.3, 0.4) is 0 Å². The van der Waals surface area contributed by atoms with Gasteiger partial charge in [-0.15, -0.1) is 23.2 Å². The zero-order valence-electron chi connectivity index (χ0n) is 17.7. The van der Waals surface area contributed by atoms with Crippen molar-refractivity contribution in [1.29, 1.82) is 0 Å². The number of nitrogens with zero attached hydrogens (tertiary/aromatic N) is 2. The monoisotopic (exact) mass is 579 g/mol. The molecule has 0 fully saturated rings. The molecular weight excluding hydrogens is 552 g/mol. The second-order valence-electron chi connectivity index (χ2n) is 6.77. The SMILES string of the molecule is CCOC(=O)C(Cc1ccc(N(CCCl)CCCl)cc1)NC(=O)c1ccc[n+](C)c1.[I-]. The summed E-state index contributed by atoms with van der Waals surface area (Å²) >= 11 is 11.8. The molecule has 2 aromatic rings. The number of rotatable bonds is 11. The second-order valence-corrected chi connectivity index (χ2v) is 7.53. The lowest BCUT2D eigenvalue weighted by molar-refractivity contribution is -0.671. The molecule has 1 heterocycles. The normalized spacial score (nSPS) is 11.2. The Morgan fingerprint density at radius 2 is 1.77 bits per heavy atom. The number of esters is 1. The van der Waals surface area contributed by atoms with Crippen LogP contribution in [0.2, 0.25) is 0 Å². The van der Waals surface area contributed by atoms with E-state index in [1.807, 2.05) is 37.5 Å². The number of nitrogens with one attached hydrogen (secondary N) is 1. The lowest BCUT2D eigenvalue weighted by atomic mass is 10.0. The van der Waals surface area contributed by atoms with Crippen molar-refractivity contribution >= 4 is 40.8 Å². The summed E-state index contributed by atoms with van der Waals surface area (Å²) in [4.78, 5) is 27.2. The molecule has 1 unspecified atom stereocenters. The fourth-order valence-corrected chi connectivity index (χ4v) is 3.46. The lowest BCUT2D eigenvalue weighted by Crippen LogP contribution is -3.00. The van der Waals surface area contributed by atoms with Crippen LogP contribution in [0.25, 0.3) is 0 Å². The fraction of sp³-hybridized carbons (Fsp3) is 0.409. The van der Waals surface area contributed by atoms with Crippen molar-refractivity contribution in [2.75, 3.05) is 36.4 Å². The number of hydrogen-bond acceptors (Lipinski definition) is 4. The highest BCUT2D eigenvalue weighted by molar-refractivity contribution is 6.18. The molecule has 0 saturated carbocycles. The number of pyridine rings is 1. The van der Waals surface area contributed by atoms with Crippen LogP contribution in [0, 0.1) is 0 Å². The predicted molar refractivity (Wildman–Crippen MR) is 119 cm³/mol. The highest BCUT2D eigenvalue weighted by Crippen LogP contribution is 2.17. The Hall–Kier alpha value is -1.58. The van der Waals surface area contributed by atoms with Gasteiger partial charge >= 0.3 is 5.97 Å². The summed E-state index contributed by atoms with van der Waals surface area (Å²) in [7, 11) is 1.83. The summed E-state index contributed by atoms with van der Waals surface area (Å²) < 4.78 is 6.94. The van der Waals surface area contributed by atoms with E-state index in [4.69, 9.17) is 27.9 Å². The van der Waals surface area contributed by atoms with E-state index in [-0.39, 0.29) is 36.5 Å². The van der Waals surface area contributed by atoms with Gasteiger partial charge in [0.15, 0.2) is 12.4 Å². The van der Waals surface area contributed by atoms with Crippen molar-refractivity contribution in [2.24, 2.45) is 7.05 Å². The van der Waals surface area contributed by atoms with Crippen molar-refractivity contribution in [3.63, 3.8) is 0 Å². The van der Waals surface area contributed by atoms with Crippen molar-refractivity contribution in [3.05, 3.63) is 59.9 Å². The van der Waals surface area contributed by atoms with Gasteiger partial charge in [-0.1, -0.05) is 12.1 Å². The molecule has 1 aromatic carbocycles. The molecule has 1 aromatic heterocycles. The minimum absolute atomic E-state index is 0. The first kappa shape index (κ1) is 27.5. The molecule has 170 valence electrons. The zero-order chi connectivity index (χ0) is 21.9. The number of anilines is 1. The molecule has 0 aliphatic heterocycles. The van der Waals surface area contributed by atoms with Crippen LogP contribution in [-0.4, -0.2) is 49.4 Å². The maximum atomic E-state index is 12.6. The summed E-state index contributed by atoms with van der Waals surface area (Å²) in [6.07, 6.45) is 3.86. The average molecular weight is 580 g/mol. The highest BCUT2D eigenvalue weighted by atomic mass is 127. The number of amides is 1. The fourth-order valence-electron chi connectivity index (χ4n) is 3.05. The Morgan fingerprint density at radius 3 is 2.32 bits per heavy atom. The maximum Gasteiger partial charge on any atom is 0.328 e. The molecule has 6 nitrogen and oxygen atoms in total. The summed E-state index contributed by atoms with van der Waals surface area (Å²) in [6.45, 7) is 3.38. The van der Waals surface area contributed by atoms with Crippen LogP contribution < -0.4 is 38.8 Å². The summed E-state index contributed by atoms with van der Waals surface area (Å²) in [5.74, 6) is 0.233.